The van der Waals surface area contributed by atoms with Crippen molar-refractivity contribution in [3.63, 3.8) is 0 Å². The Balaban J connectivity index is 2.05. The van der Waals surface area contributed by atoms with Gasteiger partial charge in [-0.1, -0.05) is 0 Å². The highest BCUT2D eigenvalue weighted by molar-refractivity contribution is 5.66. The minimum Gasteiger partial charge on any atom is -0.433 e. The van der Waals surface area contributed by atoms with Crippen molar-refractivity contribution < 1.29 is 14.3 Å². The molecule has 2 fully saturated rings. The van der Waals surface area contributed by atoms with Crippen LogP contribution < -0.4 is 0 Å². The third-order valence-corrected chi connectivity index (χ3v) is 2.41. The molecule has 0 radical (unpaired) electrons. The van der Waals surface area contributed by atoms with Gasteiger partial charge >= 0.3 is 5.97 Å². The van der Waals surface area contributed by atoms with Gasteiger partial charge in [-0.15, -0.1) is 0 Å². The van der Waals surface area contributed by atoms with Crippen LogP contribution in [0.4, 0.5) is 0 Å². The van der Waals surface area contributed by atoms with E-state index in [0.29, 0.717) is 6.10 Å². The first-order chi connectivity index (χ1) is 5.20. The molecule has 2 aliphatic rings. The summed E-state index contributed by atoms with van der Waals surface area (Å²) in [6, 6.07) is 0. The summed E-state index contributed by atoms with van der Waals surface area (Å²) < 4.78 is 10.7. The molecular weight excluding hydrogens is 144 g/mol. The van der Waals surface area contributed by atoms with Crippen LogP contribution >= 0.6 is 0 Å². The molecule has 2 bridgehead atoms. The van der Waals surface area contributed by atoms with Gasteiger partial charge in [-0.25, -0.2) is 0 Å². The van der Waals surface area contributed by atoms with E-state index in [9.17, 15) is 4.79 Å². The summed E-state index contributed by atoms with van der Waals surface area (Å²) >= 11 is 0. The molecule has 2 heterocycles. The van der Waals surface area contributed by atoms with Crippen molar-refractivity contribution in [2.45, 2.75) is 44.5 Å². The Hall–Kier alpha value is -0.570. The van der Waals surface area contributed by atoms with Gasteiger partial charge in [0.15, 0.2) is 0 Å². The number of ether oxygens (including phenoxy) is 2. The van der Waals surface area contributed by atoms with Crippen molar-refractivity contribution in [3.8, 4) is 0 Å². The van der Waals surface area contributed by atoms with Gasteiger partial charge in [0.2, 0.25) is 5.79 Å². The molecule has 0 spiro atoms. The Labute approximate surface area is 65.7 Å². The van der Waals surface area contributed by atoms with Crippen LogP contribution in [0.25, 0.3) is 0 Å². The molecule has 0 N–H and O–H groups in total. The van der Waals surface area contributed by atoms with E-state index in [2.05, 4.69) is 0 Å². The molecule has 2 rings (SSSR count). The van der Waals surface area contributed by atoms with E-state index in [1.165, 1.54) is 6.92 Å². The standard InChI is InChI=1S/C8H12O3/c1-6(9)10-8-4-2-7(11-8)3-5-8/h7H,2-5H2,1H3. The topological polar surface area (TPSA) is 35.5 Å². The summed E-state index contributed by atoms with van der Waals surface area (Å²) in [7, 11) is 0. The summed E-state index contributed by atoms with van der Waals surface area (Å²) in [4.78, 5) is 10.7. The van der Waals surface area contributed by atoms with Crippen LogP contribution in [0.5, 0.6) is 0 Å². The Morgan fingerprint density at radius 3 is 2.55 bits per heavy atom. The highest BCUT2D eigenvalue weighted by Gasteiger charge is 2.48. The fraction of sp³-hybridized carbons (Fsp3) is 0.875. The van der Waals surface area contributed by atoms with Crippen molar-refractivity contribution in [2.75, 3.05) is 0 Å². The first kappa shape index (κ1) is 7.10. The average Bonchev–Trinajstić information content (AvgIpc) is 2.43. The highest BCUT2D eigenvalue weighted by atomic mass is 16.7. The summed E-state index contributed by atoms with van der Waals surface area (Å²) in [5.74, 6) is -0.746. The van der Waals surface area contributed by atoms with Crippen LogP contribution in [0, 0.1) is 0 Å². The van der Waals surface area contributed by atoms with Crippen LogP contribution in [-0.4, -0.2) is 17.9 Å². The van der Waals surface area contributed by atoms with Crippen LogP contribution in [0.1, 0.15) is 32.6 Å². The van der Waals surface area contributed by atoms with E-state index < -0.39 is 5.79 Å². The van der Waals surface area contributed by atoms with Crippen molar-refractivity contribution >= 4 is 5.97 Å². The number of esters is 1. The van der Waals surface area contributed by atoms with Gasteiger partial charge in [0.05, 0.1) is 6.10 Å². The van der Waals surface area contributed by atoms with Gasteiger partial charge in [-0.05, 0) is 12.8 Å². The maximum Gasteiger partial charge on any atom is 0.305 e. The fourth-order valence-electron chi connectivity index (χ4n) is 1.96. The van der Waals surface area contributed by atoms with Gasteiger partial charge < -0.3 is 9.47 Å². The third-order valence-electron chi connectivity index (χ3n) is 2.41. The predicted octanol–water partition coefficient (Wildman–Crippen LogP) is 1.22. The first-order valence-electron chi connectivity index (χ1n) is 4.08. The minimum atomic E-state index is -0.517. The quantitative estimate of drug-likeness (QED) is 0.535. The van der Waals surface area contributed by atoms with E-state index in [0.717, 1.165) is 25.7 Å². The summed E-state index contributed by atoms with van der Waals surface area (Å²) in [5, 5.41) is 0. The van der Waals surface area contributed by atoms with Crippen LogP contribution in [0.15, 0.2) is 0 Å². The zero-order valence-corrected chi connectivity index (χ0v) is 6.63. The smallest absolute Gasteiger partial charge is 0.305 e. The number of fused-ring (bicyclic) bond motifs is 2. The Kier molecular flexibility index (Phi) is 1.42. The summed E-state index contributed by atoms with van der Waals surface area (Å²) in [6.45, 7) is 1.43. The van der Waals surface area contributed by atoms with Gasteiger partial charge in [0, 0.05) is 19.8 Å². The van der Waals surface area contributed by atoms with E-state index in [1.807, 2.05) is 0 Å². The molecule has 62 valence electrons. The first-order valence-corrected chi connectivity index (χ1v) is 4.08. The lowest BCUT2D eigenvalue weighted by atomic mass is 9.98. The number of hydrogen-bond donors (Lipinski definition) is 0. The molecule has 2 aliphatic heterocycles. The Morgan fingerprint density at radius 1 is 1.55 bits per heavy atom. The van der Waals surface area contributed by atoms with Gasteiger partial charge in [-0.3, -0.25) is 4.79 Å². The lowest BCUT2D eigenvalue weighted by Gasteiger charge is -2.23. The number of hydrogen-bond acceptors (Lipinski definition) is 3. The van der Waals surface area contributed by atoms with E-state index in [1.54, 1.807) is 0 Å². The molecule has 3 nitrogen and oxygen atoms in total. The van der Waals surface area contributed by atoms with Crippen molar-refractivity contribution in [1.29, 1.82) is 0 Å². The lowest BCUT2D eigenvalue weighted by Crippen LogP contribution is -2.30. The largest absolute Gasteiger partial charge is 0.433 e. The second-order valence-electron chi connectivity index (χ2n) is 3.32. The van der Waals surface area contributed by atoms with E-state index in [4.69, 9.17) is 9.47 Å². The molecule has 0 aromatic heterocycles. The fourth-order valence-corrected chi connectivity index (χ4v) is 1.96. The molecule has 2 saturated heterocycles. The average molecular weight is 156 g/mol. The lowest BCUT2D eigenvalue weighted by molar-refractivity contribution is -0.203. The number of carbonyl (C=O) groups excluding carboxylic acids is 1. The van der Waals surface area contributed by atoms with Crippen LogP contribution in [-0.2, 0) is 14.3 Å². The maximum absolute atomic E-state index is 10.7. The second-order valence-corrected chi connectivity index (χ2v) is 3.32. The molecule has 0 amide bonds. The summed E-state index contributed by atoms with van der Waals surface area (Å²) in [5.41, 5.74) is 0. The van der Waals surface area contributed by atoms with Gasteiger partial charge in [0.25, 0.3) is 0 Å². The Morgan fingerprint density at radius 2 is 2.18 bits per heavy atom. The van der Waals surface area contributed by atoms with E-state index in [-0.39, 0.29) is 5.97 Å². The molecule has 0 atom stereocenters. The molecule has 0 aromatic carbocycles. The predicted molar refractivity (Wildman–Crippen MR) is 37.8 cm³/mol. The summed E-state index contributed by atoms with van der Waals surface area (Å²) in [6.07, 6.45) is 4.23. The van der Waals surface area contributed by atoms with Gasteiger partial charge in [0.1, 0.15) is 0 Å². The normalized spacial score (nSPS) is 41.0. The zero-order valence-electron chi connectivity index (χ0n) is 6.63. The molecule has 0 unspecified atom stereocenters. The molecule has 0 aromatic rings. The molecule has 11 heavy (non-hydrogen) atoms. The number of carbonyl (C=O) groups is 1. The molecule has 0 saturated carbocycles. The number of rotatable bonds is 1. The third kappa shape index (κ3) is 1.13. The van der Waals surface area contributed by atoms with E-state index >= 15 is 0 Å². The zero-order chi connectivity index (χ0) is 7.90. The SMILES string of the molecule is CC(=O)OC12CCC(CC1)O2. The molecule has 0 aliphatic carbocycles. The highest BCUT2D eigenvalue weighted by Crippen LogP contribution is 2.44. The van der Waals surface area contributed by atoms with Crippen LogP contribution in [0.2, 0.25) is 0 Å². The Bertz CT molecular complexity index is 180. The second kappa shape index (κ2) is 2.21. The monoisotopic (exact) mass is 156 g/mol. The van der Waals surface area contributed by atoms with Crippen molar-refractivity contribution in [1.82, 2.24) is 0 Å². The minimum absolute atomic E-state index is 0.229. The van der Waals surface area contributed by atoms with Crippen molar-refractivity contribution in [3.05, 3.63) is 0 Å². The van der Waals surface area contributed by atoms with Gasteiger partial charge in [-0.2, -0.15) is 0 Å². The maximum atomic E-state index is 10.7. The van der Waals surface area contributed by atoms with Crippen LogP contribution in [0.3, 0.4) is 0 Å². The van der Waals surface area contributed by atoms with Crippen molar-refractivity contribution in [2.24, 2.45) is 0 Å². The molecule has 3 heteroatoms. The molecular formula is C8H12O3.